The number of hydrogen-bond acceptors (Lipinski definition) is 7. The first kappa shape index (κ1) is 21.6. The standard InChI is InChI=1S/C18H25N5O4S2/c1-14-6-9-23(10-7-14)29(25,26)16-4-2-15(3-5-16)27-12-17(24)19-8-11-28-18-20-13-21-22-18/h2-5,13-14H,6-12H2,1H3,(H,19,24)(H,20,21,22). The van der Waals surface area contributed by atoms with Gasteiger partial charge in [0, 0.05) is 25.4 Å². The van der Waals surface area contributed by atoms with Crippen LogP contribution in [0.5, 0.6) is 5.75 Å². The predicted octanol–water partition coefficient (Wildman–Crippen LogP) is 1.51. The highest BCUT2D eigenvalue weighted by Crippen LogP contribution is 2.24. The number of amides is 1. The van der Waals surface area contributed by atoms with E-state index in [2.05, 4.69) is 27.4 Å². The minimum Gasteiger partial charge on any atom is -0.484 e. The molecule has 1 fully saturated rings. The van der Waals surface area contributed by atoms with E-state index in [0.29, 0.717) is 42.2 Å². The Kier molecular flexibility index (Phi) is 7.51. The molecule has 2 N–H and O–H groups in total. The van der Waals surface area contributed by atoms with Gasteiger partial charge in [-0.05, 0) is 43.0 Å². The van der Waals surface area contributed by atoms with E-state index >= 15 is 0 Å². The number of benzene rings is 1. The summed E-state index contributed by atoms with van der Waals surface area (Å²) in [6, 6.07) is 6.20. The van der Waals surface area contributed by atoms with Crippen LogP contribution in [0.15, 0.2) is 40.6 Å². The van der Waals surface area contributed by atoms with E-state index in [9.17, 15) is 13.2 Å². The molecule has 11 heteroatoms. The van der Waals surface area contributed by atoms with Crippen LogP contribution in [0.3, 0.4) is 0 Å². The van der Waals surface area contributed by atoms with E-state index in [1.165, 1.54) is 34.5 Å². The number of piperidine rings is 1. The second-order valence-electron chi connectivity index (χ2n) is 6.84. The lowest BCUT2D eigenvalue weighted by atomic mass is 10.0. The Morgan fingerprint density at radius 3 is 2.69 bits per heavy atom. The number of H-pyrrole nitrogens is 1. The molecule has 1 aliphatic heterocycles. The van der Waals surface area contributed by atoms with E-state index in [1.54, 1.807) is 12.1 Å². The molecule has 0 atom stereocenters. The monoisotopic (exact) mass is 439 g/mol. The van der Waals surface area contributed by atoms with Gasteiger partial charge in [-0.25, -0.2) is 13.4 Å². The zero-order chi connectivity index (χ0) is 20.7. The summed E-state index contributed by atoms with van der Waals surface area (Å²) in [5.41, 5.74) is 0. The van der Waals surface area contributed by atoms with Crippen molar-refractivity contribution in [3.8, 4) is 5.75 Å². The first-order chi connectivity index (χ1) is 13.9. The van der Waals surface area contributed by atoms with Gasteiger partial charge in [-0.2, -0.15) is 9.40 Å². The van der Waals surface area contributed by atoms with Crippen LogP contribution in [0.25, 0.3) is 0 Å². The molecule has 0 radical (unpaired) electrons. The molecule has 1 amide bonds. The molecular formula is C18H25N5O4S2. The number of hydrogen-bond donors (Lipinski definition) is 2. The average Bonchev–Trinajstić information content (AvgIpc) is 3.24. The number of rotatable bonds is 9. The zero-order valence-corrected chi connectivity index (χ0v) is 17.8. The molecular weight excluding hydrogens is 414 g/mol. The predicted molar refractivity (Wildman–Crippen MR) is 109 cm³/mol. The van der Waals surface area contributed by atoms with E-state index in [0.717, 1.165) is 12.8 Å². The Morgan fingerprint density at radius 1 is 1.31 bits per heavy atom. The third-order valence-corrected chi connectivity index (χ3v) is 7.42. The lowest BCUT2D eigenvalue weighted by molar-refractivity contribution is -0.122. The lowest BCUT2D eigenvalue weighted by Gasteiger charge is -2.29. The fourth-order valence-corrected chi connectivity index (χ4v) is 4.99. The lowest BCUT2D eigenvalue weighted by Crippen LogP contribution is -2.37. The Hall–Kier alpha value is -2.11. The minimum atomic E-state index is -3.48. The largest absolute Gasteiger partial charge is 0.484 e. The molecule has 9 nitrogen and oxygen atoms in total. The number of ether oxygens (including phenoxy) is 1. The van der Waals surface area contributed by atoms with Crippen LogP contribution >= 0.6 is 11.8 Å². The van der Waals surface area contributed by atoms with Gasteiger partial charge in [0.25, 0.3) is 5.91 Å². The van der Waals surface area contributed by atoms with Gasteiger partial charge in [0.05, 0.1) is 4.90 Å². The smallest absolute Gasteiger partial charge is 0.257 e. The van der Waals surface area contributed by atoms with Crippen molar-refractivity contribution < 1.29 is 17.9 Å². The van der Waals surface area contributed by atoms with Crippen LogP contribution in [0.1, 0.15) is 19.8 Å². The second-order valence-corrected chi connectivity index (χ2v) is 9.86. The van der Waals surface area contributed by atoms with Gasteiger partial charge in [0.2, 0.25) is 10.0 Å². The van der Waals surface area contributed by atoms with E-state index in [4.69, 9.17) is 4.74 Å². The summed E-state index contributed by atoms with van der Waals surface area (Å²) in [4.78, 5) is 16.1. The normalized spacial score (nSPS) is 15.9. The maximum Gasteiger partial charge on any atom is 0.257 e. The SMILES string of the molecule is CC1CCN(S(=O)(=O)c2ccc(OCC(=O)NCCSc3ncn[nH]3)cc2)CC1. The number of carbonyl (C=O) groups excluding carboxylic acids is 1. The average molecular weight is 440 g/mol. The van der Waals surface area contributed by atoms with Gasteiger partial charge < -0.3 is 10.1 Å². The molecule has 0 aliphatic carbocycles. The molecule has 1 aliphatic rings. The summed E-state index contributed by atoms with van der Waals surface area (Å²) in [6.45, 7) is 3.58. The first-order valence-electron chi connectivity index (χ1n) is 9.43. The fraction of sp³-hybridized carbons (Fsp3) is 0.500. The van der Waals surface area contributed by atoms with E-state index < -0.39 is 10.0 Å². The molecule has 158 valence electrons. The van der Waals surface area contributed by atoms with Crippen molar-refractivity contribution in [2.75, 3.05) is 32.0 Å². The van der Waals surface area contributed by atoms with Crippen molar-refractivity contribution in [3.05, 3.63) is 30.6 Å². The number of aromatic nitrogens is 3. The summed E-state index contributed by atoms with van der Waals surface area (Å²) in [6.07, 6.45) is 3.19. The van der Waals surface area contributed by atoms with Gasteiger partial charge in [0.1, 0.15) is 12.1 Å². The fourth-order valence-electron chi connectivity index (χ4n) is 2.88. The highest BCUT2D eigenvalue weighted by atomic mass is 32.2. The van der Waals surface area contributed by atoms with Gasteiger partial charge >= 0.3 is 0 Å². The minimum absolute atomic E-state index is 0.136. The van der Waals surface area contributed by atoms with Gasteiger partial charge in [-0.3, -0.25) is 9.89 Å². The highest BCUT2D eigenvalue weighted by molar-refractivity contribution is 7.99. The third-order valence-electron chi connectivity index (χ3n) is 4.63. The molecule has 2 aromatic rings. The number of nitrogens with zero attached hydrogens (tertiary/aromatic N) is 3. The number of sulfonamides is 1. The Balaban J connectivity index is 1.42. The van der Waals surface area contributed by atoms with Crippen LogP contribution in [-0.4, -0.2) is 65.8 Å². The Labute approximate surface area is 174 Å². The molecule has 0 spiro atoms. The van der Waals surface area contributed by atoms with E-state index in [-0.39, 0.29) is 17.4 Å². The molecule has 29 heavy (non-hydrogen) atoms. The van der Waals surface area contributed by atoms with Crippen molar-refractivity contribution in [2.45, 2.75) is 29.8 Å². The van der Waals surface area contributed by atoms with Crippen molar-refractivity contribution in [3.63, 3.8) is 0 Å². The van der Waals surface area contributed by atoms with Crippen LogP contribution < -0.4 is 10.1 Å². The van der Waals surface area contributed by atoms with Crippen molar-refractivity contribution in [1.29, 1.82) is 0 Å². The van der Waals surface area contributed by atoms with Crippen molar-refractivity contribution >= 4 is 27.7 Å². The second kappa shape index (κ2) is 10.1. The first-order valence-corrected chi connectivity index (χ1v) is 11.9. The molecule has 1 aromatic heterocycles. The van der Waals surface area contributed by atoms with Crippen molar-refractivity contribution in [1.82, 2.24) is 24.8 Å². The number of nitrogens with one attached hydrogen (secondary N) is 2. The third kappa shape index (κ3) is 6.18. The van der Waals surface area contributed by atoms with Crippen LogP contribution in [0.4, 0.5) is 0 Å². The summed E-state index contributed by atoms with van der Waals surface area (Å²) in [7, 11) is -3.48. The molecule has 2 heterocycles. The topological polar surface area (TPSA) is 117 Å². The Morgan fingerprint density at radius 2 is 2.03 bits per heavy atom. The maximum absolute atomic E-state index is 12.7. The molecule has 3 rings (SSSR count). The maximum atomic E-state index is 12.7. The summed E-state index contributed by atoms with van der Waals surface area (Å²) < 4.78 is 32.4. The van der Waals surface area contributed by atoms with Crippen LogP contribution in [0.2, 0.25) is 0 Å². The summed E-state index contributed by atoms with van der Waals surface area (Å²) in [5.74, 6) is 1.41. The van der Waals surface area contributed by atoms with Crippen molar-refractivity contribution in [2.24, 2.45) is 5.92 Å². The van der Waals surface area contributed by atoms with Gasteiger partial charge in [-0.1, -0.05) is 18.7 Å². The van der Waals surface area contributed by atoms with Gasteiger partial charge in [0.15, 0.2) is 11.8 Å². The number of thioether (sulfide) groups is 1. The zero-order valence-electron chi connectivity index (χ0n) is 16.2. The highest BCUT2D eigenvalue weighted by Gasteiger charge is 2.27. The quantitative estimate of drug-likeness (QED) is 0.449. The Bertz CT molecular complexity index is 879. The summed E-state index contributed by atoms with van der Waals surface area (Å²) >= 11 is 1.45. The number of carbonyl (C=O) groups is 1. The molecule has 0 bridgehead atoms. The van der Waals surface area contributed by atoms with Gasteiger partial charge in [-0.15, -0.1) is 0 Å². The molecule has 0 saturated carbocycles. The number of aromatic amines is 1. The van der Waals surface area contributed by atoms with Crippen LogP contribution in [0, 0.1) is 5.92 Å². The van der Waals surface area contributed by atoms with Crippen LogP contribution in [-0.2, 0) is 14.8 Å². The molecule has 0 unspecified atom stereocenters. The van der Waals surface area contributed by atoms with E-state index in [1.807, 2.05) is 0 Å². The molecule has 1 aromatic carbocycles. The molecule has 1 saturated heterocycles. The summed E-state index contributed by atoms with van der Waals surface area (Å²) in [5, 5.41) is 9.92.